The summed E-state index contributed by atoms with van der Waals surface area (Å²) in [5.41, 5.74) is 2.25. The van der Waals surface area contributed by atoms with Crippen molar-refractivity contribution in [3.05, 3.63) is 23.4 Å². The molecule has 0 radical (unpaired) electrons. The maximum absolute atomic E-state index is 11.7. The van der Waals surface area contributed by atoms with Gasteiger partial charge in [0.1, 0.15) is 5.82 Å². The van der Waals surface area contributed by atoms with Gasteiger partial charge in [0.2, 0.25) is 0 Å². The van der Waals surface area contributed by atoms with Crippen LogP contribution in [0.15, 0.2) is 12.1 Å². The molecule has 21 heavy (non-hydrogen) atoms. The quantitative estimate of drug-likeness (QED) is 0.860. The van der Waals surface area contributed by atoms with Crippen LogP contribution < -0.4 is 10.2 Å². The molecule has 2 rings (SSSR count). The second kappa shape index (κ2) is 6.75. The zero-order valence-corrected chi connectivity index (χ0v) is 13.9. The molecule has 1 atom stereocenters. The van der Waals surface area contributed by atoms with E-state index in [0.717, 1.165) is 31.0 Å². The molecule has 6 heteroatoms. The minimum Gasteiger partial charge on any atom is -0.356 e. The van der Waals surface area contributed by atoms with Gasteiger partial charge in [-0.15, -0.1) is 0 Å². The largest absolute Gasteiger partial charge is 0.356 e. The predicted octanol–water partition coefficient (Wildman–Crippen LogP) is 1.38. The molecule has 1 aliphatic heterocycles. The molecular formula is C15H25N3O2S. The van der Waals surface area contributed by atoms with Crippen molar-refractivity contribution in [2.24, 2.45) is 0 Å². The van der Waals surface area contributed by atoms with Crippen molar-refractivity contribution >= 4 is 15.7 Å². The highest BCUT2D eigenvalue weighted by atomic mass is 32.2. The van der Waals surface area contributed by atoms with Crippen molar-refractivity contribution in [1.29, 1.82) is 0 Å². The molecule has 1 unspecified atom stereocenters. The normalized spacial score (nSPS) is 20.6. The molecule has 0 bridgehead atoms. The molecule has 1 aromatic rings. The van der Waals surface area contributed by atoms with Gasteiger partial charge in [-0.1, -0.05) is 13.8 Å². The Morgan fingerprint density at radius 2 is 2.14 bits per heavy atom. The first-order chi connectivity index (χ1) is 9.95. The molecule has 5 nitrogen and oxygen atoms in total. The molecular weight excluding hydrogens is 286 g/mol. The number of sulfone groups is 1. The van der Waals surface area contributed by atoms with Crippen molar-refractivity contribution in [3.8, 4) is 0 Å². The van der Waals surface area contributed by atoms with Crippen LogP contribution in [0, 0.1) is 0 Å². The van der Waals surface area contributed by atoms with Crippen LogP contribution in [-0.4, -0.2) is 44.5 Å². The van der Waals surface area contributed by atoms with Crippen molar-refractivity contribution < 1.29 is 8.42 Å². The lowest BCUT2D eigenvalue weighted by atomic mass is 10.1. The van der Waals surface area contributed by atoms with Crippen molar-refractivity contribution in [3.63, 3.8) is 0 Å². The number of nitrogens with zero attached hydrogens (tertiary/aromatic N) is 2. The summed E-state index contributed by atoms with van der Waals surface area (Å²) in [6.07, 6.45) is 1.57. The van der Waals surface area contributed by atoms with E-state index < -0.39 is 9.84 Å². The molecule has 0 amide bonds. The van der Waals surface area contributed by atoms with E-state index in [-0.39, 0.29) is 11.8 Å². The van der Waals surface area contributed by atoms with Crippen molar-refractivity contribution in [2.45, 2.75) is 39.3 Å². The molecule has 0 spiro atoms. The van der Waals surface area contributed by atoms with E-state index in [2.05, 4.69) is 36.3 Å². The smallest absolute Gasteiger partial charge is 0.152 e. The Morgan fingerprint density at radius 1 is 1.38 bits per heavy atom. The van der Waals surface area contributed by atoms with Crippen molar-refractivity contribution in [2.75, 3.05) is 30.0 Å². The Morgan fingerprint density at radius 3 is 2.71 bits per heavy atom. The SMILES string of the molecule is CCNCc1cc(CC)nc(N(C)C2CCS(=O)(=O)C2)c1. The summed E-state index contributed by atoms with van der Waals surface area (Å²) in [5, 5.41) is 3.32. The van der Waals surface area contributed by atoms with Crippen LogP contribution in [0.1, 0.15) is 31.5 Å². The topological polar surface area (TPSA) is 62.3 Å². The number of pyridine rings is 1. The second-order valence-corrected chi connectivity index (χ2v) is 7.86. The first kappa shape index (κ1) is 16.2. The summed E-state index contributed by atoms with van der Waals surface area (Å²) in [6, 6.07) is 4.22. The Labute approximate surface area is 127 Å². The maximum Gasteiger partial charge on any atom is 0.152 e. The molecule has 1 saturated heterocycles. The lowest BCUT2D eigenvalue weighted by molar-refractivity contribution is 0.600. The summed E-state index contributed by atoms with van der Waals surface area (Å²) in [7, 11) is -0.922. The Hall–Kier alpha value is -1.14. The minimum absolute atomic E-state index is 0.0431. The molecule has 1 aliphatic rings. The van der Waals surface area contributed by atoms with Crippen LogP contribution >= 0.6 is 0 Å². The average molecular weight is 311 g/mol. The summed E-state index contributed by atoms with van der Waals surface area (Å²) in [6.45, 7) is 5.91. The van der Waals surface area contributed by atoms with Gasteiger partial charge in [-0.25, -0.2) is 13.4 Å². The lowest BCUT2D eigenvalue weighted by Gasteiger charge is -2.25. The number of anilines is 1. The Bertz CT molecular complexity index is 587. The van der Waals surface area contributed by atoms with Gasteiger partial charge in [-0.05, 0) is 37.1 Å². The summed E-state index contributed by atoms with van der Waals surface area (Å²) in [4.78, 5) is 6.68. The summed E-state index contributed by atoms with van der Waals surface area (Å²) < 4.78 is 23.3. The molecule has 1 fully saturated rings. The Kier molecular flexibility index (Phi) is 5.22. The number of hydrogen-bond donors (Lipinski definition) is 1. The second-order valence-electron chi connectivity index (χ2n) is 5.63. The molecule has 1 N–H and O–H groups in total. The van der Waals surface area contributed by atoms with Gasteiger partial charge < -0.3 is 10.2 Å². The first-order valence-electron chi connectivity index (χ1n) is 7.59. The van der Waals surface area contributed by atoms with E-state index in [0.29, 0.717) is 12.2 Å². The van der Waals surface area contributed by atoms with Gasteiger partial charge in [0.05, 0.1) is 11.5 Å². The predicted molar refractivity (Wildman–Crippen MR) is 86.5 cm³/mol. The van der Waals surface area contributed by atoms with Crippen LogP contribution in [0.5, 0.6) is 0 Å². The number of aryl methyl sites for hydroxylation is 1. The highest BCUT2D eigenvalue weighted by Gasteiger charge is 2.31. The van der Waals surface area contributed by atoms with Crippen LogP contribution in [0.4, 0.5) is 5.82 Å². The third-order valence-corrected chi connectivity index (χ3v) is 5.73. The summed E-state index contributed by atoms with van der Waals surface area (Å²) in [5.74, 6) is 1.41. The highest BCUT2D eigenvalue weighted by Crippen LogP contribution is 2.23. The van der Waals surface area contributed by atoms with Gasteiger partial charge in [0.25, 0.3) is 0 Å². The monoisotopic (exact) mass is 311 g/mol. The standard InChI is InChI=1S/C15H25N3O2S/c1-4-13-8-12(10-16-5-2)9-15(17-13)18(3)14-6-7-21(19,20)11-14/h8-9,14,16H,4-7,10-11H2,1-3H3. The number of rotatable bonds is 6. The fraction of sp³-hybridized carbons (Fsp3) is 0.667. The van der Waals surface area contributed by atoms with E-state index in [4.69, 9.17) is 0 Å². The minimum atomic E-state index is -2.87. The van der Waals surface area contributed by atoms with Gasteiger partial charge in [-0.2, -0.15) is 0 Å². The molecule has 0 saturated carbocycles. The fourth-order valence-electron chi connectivity index (χ4n) is 2.63. The average Bonchev–Trinajstić information content (AvgIpc) is 2.84. The zero-order valence-electron chi connectivity index (χ0n) is 13.1. The maximum atomic E-state index is 11.7. The number of nitrogens with one attached hydrogen (secondary N) is 1. The summed E-state index contributed by atoms with van der Waals surface area (Å²) >= 11 is 0. The number of aromatic nitrogens is 1. The Balaban J connectivity index is 2.21. The van der Waals surface area contributed by atoms with Crippen LogP contribution in [0.25, 0.3) is 0 Å². The van der Waals surface area contributed by atoms with E-state index in [1.165, 1.54) is 5.56 Å². The lowest BCUT2D eigenvalue weighted by Crippen LogP contribution is -2.33. The number of hydrogen-bond acceptors (Lipinski definition) is 5. The highest BCUT2D eigenvalue weighted by molar-refractivity contribution is 7.91. The third kappa shape index (κ3) is 4.17. The van der Waals surface area contributed by atoms with E-state index in [1.807, 2.05) is 11.9 Å². The van der Waals surface area contributed by atoms with Crippen LogP contribution in [-0.2, 0) is 22.8 Å². The van der Waals surface area contributed by atoms with Gasteiger partial charge in [0, 0.05) is 25.3 Å². The first-order valence-corrected chi connectivity index (χ1v) is 9.41. The fourth-order valence-corrected chi connectivity index (χ4v) is 4.41. The van der Waals surface area contributed by atoms with Crippen molar-refractivity contribution in [1.82, 2.24) is 10.3 Å². The van der Waals surface area contributed by atoms with E-state index in [1.54, 1.807) is 0 Å². The van der Waals surface area contributed by atoms with Crippen LogP contribution in [0.2, 0.25) is 0 Å². The zero-order chi connectivity index (χ0) is 15.5. The molecule has 118 valence electrons. The van der Waals surface area contributed by atoms with Crippen LogP contribution in [0.3, 0.4) is 0 Å². The third-order valence-electron chi connectivity index (χ3n) is 3.98. The van der Waals surface area contributed by atoms with Gasteiger partial charge in [0.15, 0.2) is 9.84 Å². The molecule has 0 aliphatic carbocycles. The molecule has 0 aromatic carbocycles. The van der Waals surface area contributed by atoms with E-state index in [9.17, 15) is 8.42 Å². The van der Waals surface area contributed by atoms with Gasteiger partial charge in [-0.3, -0.25) is 0 Å². The van der Waals surface area contributed by atoms with E-state index >= 15 is 0 Å². The van der Waals surface area contributed by atoms with Gasteiger partial charge >= 0.3 is 0 Å². The molecule has 2 heterocycles. The molecule has 1 aromatic heterocycles.